The van der Waals surface area contributed by atoms with Crippen LogP contribution in [0.25, 0.3) is 12.2 Å². The van der Waals surface area contributed by atoms with Crippen molar-refractivity contribution in [1.29, 1.82) is 0 Å². The van der Waals surface area contributed by atoms with Crippen LogP contribution in [0.3, 0.4) is 0 Å². The lowest BCUT2D eigenvalue weighted by molar-refractivity contribution is 0.301. The summed E-state index contributed by atoms with van der Waals surface area (Å²) in [6, 6.07) is 10.3. The lowest BCUT2D eigenvalue weighted by Crippen LogP contribution is -2.28. The van der Waals surface area contributed by atoms with E-state index in [9.17, 15) is 5.11 Å². The predicted molar refractivity (Wildman–Crippen MR) is 108 cm³/mol. The van der Waals surface area contributed by atoms with Crippen LogP contribution in [0.5, 0.6) is 0 Å². The number of benzene rings is 1. The van der Waals surface area contributed by atoms with Gasteiger partial charge in [-0.1, -0.05) is 45.9 Å². The fraction of sp³-hybridized carbons (Fsp3) is 0.429. The number of hydrogen-bond acceptors (Lipinski definition) is 4. The molecule has 1 N–H and O–H groups in total. The largest absolute Gasteiger partial charge is 0.395 e. The molecule has 0 spiro atoms. The molecule has 4 heteroatoms. The van der Waals surface area contributed by atoms with Crippen LogP contribution in [0, 0.1) is 5.92 Å². The summed E-state index contributed by atoms with van der Waals surface area (Å²) in [5.74, 6) is 0.659. The Balaban J connectivity index is 0.00000151. The fourth-order valence-corrected chi connectivity index (χ4v) is 2.28. The molecule has 0 atom stereocenters. The van der Waals surface area contributed by atoms with Crippen molar-refractivity contribution in [2.24, 2.45) is 5.92 Å². The first-order chi connectivity index (χ1) is 12.2. The Morgan fingerprint density at radius 3 is 2.32 bits per heavy atom. The maximum absolute atomic E-state index is 9.26. The molecule has 2 aromatic rings. The van der Waals surface area contributed by atoms with Crippen molar-refractivity contribution in [2.75, 3.05) is 24.6 Å². The first-order valence-corrected chi connectivity index (χ1v) is 9.09. The summed E-state index contributed by atoms with van der Waals surface area (Å²) in [7, 11) is 0. The average molecular weight is 341 g/mol. The lowest BCUT2D eigenvalue weighted by atomic mass is 10.1. The van der Waals surface area contributed by atoms with Gasteiger partial charge in [0, 0.05) is 25.0 Å². The van der Waals surface area contributed by atoms with Crippen molar-refractivity contribution in [2.45, 2.75) is 34.1 Å². The second-order valence-corrected chi connectivity index (χ2v) is 5.95. The van der Waals surface area contributed by atoms with Gasteiger partial charge in [0.2, 0.25) is 0 Å². The van der Waals surface area contributed by atoms with Gasteiger partial charge in [0.25, 0.3) is 0 Å². The number of aliphatic hydroxyl groups is 1. The third kappa shape index (κ3) is 7.94. The summed E-state index contributed by atoms with van der Waals surface area (Å²) in [6.45, 7) is 10.3. The van der Waals surface area contributed by atoms with Crippen LogP contribution in [0.2, 0.25) is 0 Å². The molecule has 0 bridgehead atoms. The van der Waals surface area contributed by atoms with E-state index in [1.54, 1.807) is 12.5 Å². The van der Waals surface area contributed by atoms with E-state index < -0.39 is 0 Å². The van der Waals surface area contributed by atoms with E-state index in [0.717, 1.165) is 29.9 Å². The Kier molecular flexibility index (Phi) is 10.2. The molecule has 0 aliphatic rings. The number of rotatable bonds is 8. The molecule has 0 aliphatic carbocycles. The highest BCUT2D eigenvalue weighted by molar-refractivity contribution is 5.68. The van der Waals surface area contributed by atoms with Crippen molar-refractivity contribution in [1.82, 2.24) is 9.97 Å². The predicted octanol–water partition coefficient (Wildman–Crippen LogP) is 4.52. The van der Waals surface area contributed by atoms with Gasteiger partial charge in [-0.2, -0.15) is 0 Å². The van der Waals surface area contributed by atoms with Crippen LogP contribution in [0.1, 0.15) is 45.4 Å². The number of hydrogen-bond donors (Lipinski definition) is 1. The van der Waals surface area contributed by atoms with E-state index >= 15 is 0 Å². The van der Waals surface area contributed by atoms with Crippen LogP contribution >= 0.6 is 0 Å². The lowest BCUT2D eigenvalue weighted by Gasteiger charge is -2.25. The quantitative estimate of drug-likeness (QED) is 0.767. The first-order valence-electron chi connectivity index (χ1n) is 9.09. The van der Waals surface area contributed by atoms with Gasteiger partial charge in [-0.25, -0.2) is 9.97 Å². The summed E-state index contributed by atoms with van der Waals surface area (Å²) >= 11 is 0. The Morgan fingerprint density at radius 1 is 1.04 bits per heavy atom. The molecule has 0 amide bonds. The minimum absolute atomic E-state index is 0.174. The van der Waals surface area contributed by atoms with E-state index in [-0.39, 0.29) is 6.61 Å². The number of aliphatic hydroxyl groups excluding tert-OH is 1. The van der Waals surface area contributed by atoms with E-state index in [0.29, 0.717) is 12.5 Å². The van der Waals surface area contributed by atoms with Crippen LogP contribution in [0.15, 0.2) is 42.9 Å². The van der Waals surface area contributed by atoms with Gasteiger partial charge in [-0.15, -0.1) is 0 Å². The summed E-state index contributed by atoms with van der Waals surface area (Å²) in [4.78, 5) is 10.3. The molecule has 0 unspecified atom stereocenters. The normalized spacial score (nSPS) is 10.6. The van der Waals surface area contributed by atoms with E-state index in [1.165, 1.54) is 0 Å². The summed E-state index contributed by atoms with van der Waals surface area (Å²) in [6.07, 6.45) is 8.41. The molecular weight excluding hydrogens is 310 g/mol. The number of anilines is 1. The van der Waals surface area contributed by atoms with Gasteiger partial charge in [-0.3, -0.25) is 0 Å². The molecule has 1 aromatic heterocycles. The highest BCUT2D eigenvalue weighted by Gasteiger charge is 2.06. The van der Waals surface area contributed by atoms with Gasteiger partial charge in [0.15, 0.2) is 0 Å². The van der Waals surface area contributed by atoms with Gasteiger partial charge in [-0.05, 0) is 42.2 Å². The SMILES string of the molecule is CC.CC(C)CCN(CCO)c1ccc(/C=C/c2ccncn2)cc1. The zero-order valence-electron chi connectivity index (χ0n) is 15.9. The van der Waals surface area contributed by atoms with Gasteiger partial charge in [0.05, 0.1) is 12.3 Å². The molecule has 4 nitrogen and oxygen atoms in total. The highest BCUT2D eigenvalue weighted by atomic mass is 16.3. The summed E-state index contributed by atoms with van der Waals surface area (Å²) < 4.78 is 0. The van der Waals surface area contributed by atoms with Crippen molar-refractivity contribution < 1.29 is 5.11 Å². The van der Waals surface area contributed by atoms with Crippen LogP contribution in [0.4, 0.5) is 5.69 Å². The van der Waals surface area contributed by atoms with Crippen LogP contribution in [-0.4, -0.2) is 34.8 Å². The second-order valence-electron chi connectivity index (χ2n) is 5.95. The van der Waals surface area contributed by atoms with Crippen molar-refractivity contribution >= 4 is 17.8 Å². The van der Waals surface area contributed by atoms with Crippen LogP contribution in [-0.2, 0) is 0 Å². The van der Waals surface area contributed by atoms with Crippen molar-refractivity contribution in [3.05, 3.63) is 54.1 Å². The Hall–Kier alpha value is -2.20. The summed E-state index contributed by atoms with van der Waals surface area (Å²) in [5, 5.41) is 9.26. The van der Waals surface area contributed by atoms with E-state index in [2.05, 4.69) is 53.0 Å². The molecule has 0 radical (unpaired) electrons. The molecule has 1 heterocycles. The maximum Gasteiger partial charge on any atom is 0.115 e. The Bertz CT molecular complexity index is 594. The minimum Gasteiger partial charge on any atom is -0.395 e. The zero-order valence-corrected chi connectivity index (χ0v) is 15.9. The smallest absolute Gasteiger partial charge is 0.115 e. The second kappa shape index (κ2) is 12.2. The maximum atomic E-state index is 9.26. The number of nitrogens with zero attached hydrogens (tertiary/aromatic N) is 3. The molecule has 136 valence electrons. The molecule has 25 heavy (non-hydrogen) atoms. The molecule has 0 aliphatic heterocycles. The van der Waals surface area contributed by atoms with Gasteiger partial charge in [0.1, 0.15) is 6.33 Å². The molecular formula is C21H31N3O. The Labute approximate surface area is 152 Å². The summed E-state index contributed by atoms with van der Waals surface area (Å²) in [5.41, 5.74) is 3.17. The number of aromatic nitrogens is 2. The van der Waals surface area contributed by atoms with Crippen LogP contribution < -0.4 is 4.90 Å². The molecule has 2 rings (SSSR count). The topological polar surface area (TPSA) is 49.2 Å². The van der Waals surface area contributed by atoms with E-state index in [4.69, 9.17) is 0 Å². The van der Waals surface area contributed by atoms with E-state index in [1.807, 2.05) is 32.1 Å². The zero-order chi connectivity index (χ0) is 18.5. The van der Waals surface area contributed by atoms with Crippen molar-refractivity contribution in [3.8, 4) is 0 Å². The third-order valence-corrected chi connectivity index (χ3v) is 3.66. The average Bonchev–Trinajstić information content (AvgIpc) is 2.66. The molecule has 0 saturated heterocycles. The van der Waals surface area contributed by atoms with Gasteiger partial charge >= 0.3 is 0 Å². The van der Waals surface area contributed by atoms with Gasteiger partial charge < -0.3 is 10.0 Å². The molecule has 1 aromatic carbocycles. The minimum atomic E-state index is 0.174. The monoisotopic (exact) mass is 341 g/mol. The standard InChI is InChI=1S/C19H25N3O.C2H6/c1-16(2)10-12-22(13-14-23)19-7-4-17(5-8-19)3-6-18-9-11-20-15-21-18;1-2/h3-9,11,15-16,23H,10,12-14H2,1-2H3;1-2H3/b6-3+;. The molecule has 0 saturated carbocycles. The fourth-order valence-electron chi connectivity index (χ4n) is 2.28. The molecule has 0 fully saturated rings. The first kappa shape index (κ1) is 20.8. The highest BCUT2D eigenvalue weighted by Crippen LogP contribution is 2.18. The Morgan fingerprint density at radius 2 is 1.76 bits per heavy atom. The van der Waals surface area contributed by atoms with Crippen molar-refractivity contribution in [3.63, 3.8) is 0 Å². The third-order valence-electron chi connectivity index (χ3n) is 3.66.